The predicted molar refractivity (Wildman–Crippen MR) is 182 cm³/mol. The molecule has 2 heterocycles. The molecule has 2 amide bonds. The largest absolute Gasteiger partial charge is 0.464 e. The van der Waals surface area contributed by atoms with Gasteiger partial charge in [0.15, 0.2) is 9.84 Å². The van der Waals surface area contributed by atoms with Crippen molar-refractivity contribution in [3.63, 3.8) is 0 Å². The number of halogens is 2. The zero-order valence-electron chi connectivity index (χ0n) is 25.9. The summed E-state index contributed by atoms with van der Waals surface area (Å²) in [6.45, 7) is 0.511. The molecular formula is C36H28Cl2N2O8S. The number of hydrogen-bond donors (Lipinski definition) is 1. The van der Waals surface area contributed by atoms with Crippen molar-refractivity contribution in [3.05, 3.63) is 135 Å². The molecule has 0 radical (unpaired) electrons. The van der Waals surface area contributed by atoms with Crippen LogP contribution in [0.15, 0.2) is 101 Å². The van der Waals surface area contributed by atoms with E-state index in [4.69, 9.17) is 32.4 Å². The summed E-state index contributed by atoms with van der Waals surface area (Å²) in [5.41, 5.74) is 2.76. The Morgan fingerprint density at radius 1 is 0.939 bits per heavy atom. The van der Waals surface area contributed by atoms with Crippen LogP contribution in [0.3, 0.4) is 0 Å². The monoisotopic (exact) mass is 718 g/mol. The van der Waals surface area contributed by atoms with Crippen LogP contribution in [0.4, 0.5) is 0 Å². The van der Waals surface area contributed by atoms with Gasteiger partial charge < -0.3 is 19.4 Å². The van der Waals surface area contributed by atoms with E-state index in [9.17, 15) is 27.6 Å². The van der Waals surface area contributed by atoms with Crippen molar-refractivity contribution in [2.75, 3.05) is 12.8 Å². The van der Waals surface area contributed by atoms with E-state index in [2.05, 4.69) is 5.32 Å². The molecule has 13 heteroatoms. The number of nitrogens with zero attached hydrogens (tertiary/aromatic N) is 1. The van der Waals surface area contributed by atoms with Gasteiger partial charge in [0.1, 0.15) is 11.6 Å². The topological polar surface area (TPSA) is 140 Å². The van der Waals surface area contributed by atoms with Gasteiger partial charge in [-0.15, -0.1) is 0 Å². The average molecular weight is 720 g/mol. The molecule has 250 valence electrons. The number of rotatable bonds is 8. The summed E-state index contributed by atoms with van der Waals surface area (Å²) in [7, 11) is -3.58. The van der Waals surface area contributed by atoms with Gasteiger partial charge in [-0.1, -0.05) is 59.6 Å². The van der Waals surface area contributed by atoms with Crippen LogP contribution < -0.4 is 5.32 Å². The van der Waals surface area contributed by atoms with Crippen LogP contribution in [0.25, 0.3) is 11.0 Å². The van der Waals surface area contributed by atoms with Crippen LogP contribution in [0.5, 0.6) is 0 Å². The molecule has 1 N–H and O–H groups in total. The molecule has 1 aromatic heterocycles. The molecule has 0 saturated carbocycles. The maximum Gasteiger partial charge on any atom is 0.345 e. The van der Waals surface area contributed by atoms with E-state index in [0.717, 1.165) is 11.6 Å². The van der Waals surface area contributed by atoms with Crippen molar-refractivity contribution in [2.24, 2.45) is 0 Å². The second-order valence-electron chi connectivity index (χ2n) is 11.6. The molecule has 49 heavy (non-hydrogen) atoms. The minimum atomic E-state index is -3.58. The summed E-state index contributed by atoms with van der Waals surface area (Å²) in [4.78, 5) is 54.9. The van der Waals surface area contributed by atoms with E-state index in [1.807, 2.05) is 12.1 Å². The van der Waals surface area contributed by atoms with Crippen LogP contribution in [0.1, 0.15) is 47.8 Å². The quantitative estimate of drug-likeness (QED) is 0.151. The molecule has 0 fully saturated rings. The van der Waals surface area contributed by atoms with Crippen molar-refractivity contribution >= 4 is 67.8 Å². The number of nitrogens with one attached hydrogen (secondary N) is 1. The third-order valence-electron chi connectivity index (χ3n) is 8.18. The smallest absolute Gasteiger partial charge is 0.345 e. The molecule has 6 rings (SSSR count). The molecule has 0 bridgehead atoms. The highest BCUT2D eigenvalue weighted by Crippen LogP contribution is 2.35. The molecular weight excluding hydrogens is 691 g/mol. The van der Waals surface area contributed by atoms with Gasteiger partial charge >= 0.3 is 11.9 Å². The Kier molecular flexibility index (Phi) is 9.60. The normalized spacial score (nSPS) is 13.4. The van der Waals surface area contributed by atoms with E-state index in [0.29, 0.717) is 40.8 Å². The number of ether oxygens (including phenoxy) is 1. The van der Waals surface area contributed by atoms with Crippen LogP contribution in [-0.4, -0.2) is 55.9 Å². The van der Waals surface area contributed by atoms with Gasteiger partial charge in [-0.25, -0.2) is 18.0 Å². The first-order valence-corrected chi connectivity index (χ1v) is 17.7. The van der Waals surface area contributed by atoms with E-state index in [-0.39, 0.29) is 44.9 Å². The first-order chi connectivity index (χ1) is 23.4. The predicted octanol–water partition coefficient (Wildman–Crippen LogP) is 6.07. The van der Waals surface area contributed by atoms with Crippen molar-refractivity contribution in [3.8, 4) is 0 Å². The Bertz CT molecular complexity index is 2230. The van der Waals surface area contributed by atoms with Gasteiger partial charge in [0.25, 0.3) is 11.8 Å². The fourth-order valence-electron chi connectivity index (χ4n) is 5.66. The summed E-state index contributed by atoms with van der Waals surface area (Å²) in [6.07, 6.45) is 2.72. The first kappa shape index (κ1) is 33.9. The third-order valence-corrected chi connectivity index (χ3v) is 10.0. The Labute approximate surface area is 291 Å². The number of carbonyl (C=O) groups excluding carboxylic acids is 4. The number of amides is 2. The molecule has 1 aliphatic heterocycles. The molecule has 0 saturated heterocycles. The van der Waals surface area contributed by atoms with Crippen LogP contribution in [-0.2, 0) is 38.8 Å². The van der Waals surface area contributed by atoms with Gasteiger partial charge in [-0.3, -0.25) is 9.59 Å². The first-order valence-electron chi connectivity index (χ1n) is 15.1. The number of fused-ring (bicyclic) bond motifs is 2. The van der Waals surface area contributed by atoms with Crippen molar-refractivity contribution in [1.82, 2.24) is 10.2 Å². The SMILES string of the molecule is CS(=O)(=O)c1cccc(C[C@H](NC(=O)c2c(Cl)cc3c(c2Cl)CCN(C(=O)c2ccc4ccoc4c2)C3)C(=O)OC(=O)c2ccccc2)c1. The lowest BCUT2D eigenvalue weighted by Gasteiger charge is -2.30. The van der Waals surface area contributed by atoms with Gasteiger partial charge in [0, 0.05) is 36.7 Å². The fraction of sp³-hybridized carbons (Fsp3) is 0.167. The minimum absolute atomic E-state index is 0.0126. The molecule has 5 aromatic rings. The lowest BCUT2D eigenvalue weighted by Crippen LogP contribution is -2.44. The van der Waals surface area contributed by atoms with Gasteiger partial charge in [-0.2, -0.15) is 0 Å². The maximum absolute atomic E-state index is 13.8. The Morgan fingerprint density at radius 2 is 1.71 bits per heavy atom. The molecule has 4 aromatic carbocycles. The van der Waals surface area contributed by atoms with E-state index in [1.54, 1.807) is 53.6 Å². The Morgan fingerprint density at radius 3 is 2.47 bits per heavy atom. The number of carbonyl (C=O) groups is 4. The zero-order valence-corrected chi connectivity index (χ0v) is 28.3. The Balaban J connectivity index is 1.24. The van der Waals surface area contributed by atoms with Gasteiger partial charge in [0.05, 0.1) is 32.3 Å². The second kappa shape index (κ2) is 13.9. The van der Waals surface area contributed by atoms with Crippen LogP contribution >= 0.6 is 23.2 Å². The van der Waals surface area contributed by atoms with Crippen molar-refractivity contribution in [1.29, 1.82) is 0 Å². The molecule has 10 nitrogen and oxygen atoms in total. The Hall–Kier alpha value is -4.97. The molecule has 1 atom stereocenters. The van der Waals surface area contributed by atoms with Crippen molar-refractivity contribution < 1.29 is 36.7 Å². The van der Waals surface area contributed by atoms with E-state index in [1.165, 1.54) is 30.3 Å². The summed E-state index contributed by atoms with van der Waals surface area (Å²) in [6, 6.07) is 20.9. The molecule has 0 spiro atoms. The second-order valence-corrected chi connectivity index (χ2v) is 14.4. The van der Waals surface area contributed by atoms with Gasteiger partial charge in [0.2, 0.25) is 0 Å². The highest BCUT2D eigenvalue weighted by Gasteiger charge is 2.31. The number of esters is 2. The maximum atomic E-state index is 13.8. The zero-order chi connectivity index (χ0) is 34.9. The number of benzene rings is 4. The van der Waals surface area contributed by atoms with Crippen molar-refractivity contribution in [2.45, 2.75) is 30.3 Å². The fourth-order valence-corrected chi connectivity index (χ4v) is 7.12. The minimum Gasteiger partial charge on any atom is -0.464 e. The van der Waals surface area contributed by atoms with Gasteiger partial charge in [-0.05, 0) is 71.6 Å². The van der Waals surface area contributed by atoms with E-state index < -0.39 is 33.7 Å². The van der Waals surface area contributed by atoms with E-state index >= 15 is 0 Å². The summed E-state index contributed by atoms with van der Waals surface area (Å²) < 4.78 is 34.9. The standard InChI is InChI=1S/C36H28Cl2N2O8S/c1-49(45,46)26-9-5-6-21(16-26)17-29(36(44)48-35(43)23-7-3-2-4-8-23)39-33(41)31-28(37)18-25-20-40(14-12-27(25)32(31)38)34(42)24-11-10-22-13-15-47-30(22)19-24/h2-11,13,15-16,18-19,29H,12,14,17,20H2,1H3,(H,39,41)/t29-/m0/s1. The lowest BCUT2D eigenvalue weighted by molar-refractivity contribution is -0.140. The van der Waals surface area contributed by atoms with Crippen LogP contribution in [0, 0.1) is 0 Å². The number of sulfone groups is 1. The highest BCUT2D eigenvalue weighted by molar-refractivity contribution is 7.90. The summed E-state index contributed by atoms with van der Waals surface area (Å²) in [5.74, 6) is -3.01. The number of furan rings is 1. The van der Waals surface area contributed by atoms with Crippen LogP contribution in [0.2, 0.25) is 10.0 Å². The summed E-state index contributed by atoms with van der Waals surface area (Å²) >= 11 is 13.4. The number of hydrogen-bond acceptors (Lipinski definition) is 8. The highest BCUT2D eigenvalue weighted by atomic mass is 35.5. The molecule has 0 aliphatic carbocycles. The average Bonchev–Trinajstić information content (AvgIpc) is 3.56. The third kappa shape index (κ3) is 7.39. The lowest BCUT2D eigenvalue weighted by atomic mass is 9.95. The summed E-state index contributed by atoms with van der Waals surface area (Å²) in [5, 5.41) is 3.52. The molecule has 1 aliphatic rings. The molecule has 0 unspecified atom stereocenters.